The average Bonchev–Trinajstić information content (AvgIpc) is 3.11. The highest BCUT2D eigenvalue weighted by Gasteiger charge is 2.35. The van der Waals surface area contributed by atoms with Gasteiger partial charge in [-0.3, -0.25) is 4.79 Å². The highest BCUT2D eigenvalue weighted by molar-refractivity contribution is 5.84. The normalized spacial score (nSPS) is 17.0. The summed E-state index contributed by atoms with van der Waals surface area (Å²) in [5, 5.41) is 0. The third kappa shape index (κ3) is 3.22. The number of benzene rings is 1. The first-order chi connectivity index (χ1) is 11.4. The monoisotopic (exact) mass is 339 g/mol. The molecular weight excluding hydrogens is 323 g/mol. The number of aromatic nitrogens is 2. The standard InChI is InChI=1S/C16H16F3N3O2/c1-24-15(23)12-8-22(13-5-3-2-4-11(12)13)9-14-20-6-7-21(14)10-16(17,18)19/h2-7,12H,8-10H2,1H3. The SMILES string of the molecule is COC(=O)C1CN(Cc2nccn2CC(F)(F)F)c2ccccc21. The number of methoxy groups -OCH3 is 1. The van der Waals surface area contributed by atoms with Crippen molar-refractivity contribution in [2.24, 2.45) is 0 Å². The number of halogens is 3. The molecule has 0 N–H and O–H groups in total. The summed E-state index contributed by atoms with van der Waals surface area (Å²) in [7, 11) is 1.32. The summed E-state index contributed by atoms with van der Waals surface area (Å²) in [6, 6.07) is 7.32. The van der Waals surface area contributed by atoms with Crippen LogP contribution < -0.4 is 4.90 Å². The van der Waals surface area contributed by atoms with Gasteiger partial charge in [-0.2, -0.15) is 13.2 Å². The lowest BCUT2D eigenvalue weighted by molar-refractivity contribution is -0.142. The second kappa shape index (κ2) is 6.18. The smallest absolute Gasteiger partial charge is 0.406 e. The Bertz CT molecular complexity index is 742. The molecule has 1 aromatic heterocycles. The first-order valence-corrected chi connectivity index (χ1v) is 7.37. The van der Waals surface area contributed by atoms with E-state index in [1.54, 1.807) is 0 Å². The summed E-state index contributed by atoms with van der Waals surface area (Å²) < 4.78 is 43.8. The van der Waals surface area contributed by atoms with E-state index in [-0.39, 0.29) is 12.5 Å². The molecule has 0 bridgehead atoms. The van der Waals surface area contributed by atoms with Crippen LogP contribution in [0.1, 0.15) is 17.3 Å². The summed E-state index contributed by atoms with van der Waals surface area (Å²) in [4.78, 5) is 17.8. The molecule has 2 aromatic rings. The van der Waals surface area contributed by atoms with Crippen molar-refractivity contribution in [3.63, 3.8) is 0 Å². The Labute approximate surface area is 136 Å². The zero-order valence-electron chi connectivity index (χ0n) is 13.0. The Hall–Kier alpha value is -2.51. The van der Waals surface area contributed by atoms with E-state index in [1.807, 2.05) is 29.2 Å². The number of ether oxygens (including phenoxy) is 1. The molecule has 0 aliphatic carbocycles. The maximum absolute atomic E-state index is 12.6. The molecule has 3 rings (SSSR count). The fourth-order valence-electron chi connectivity index (χ4n) is 2.98. The molecule has 1 aliphatic heterocycles. The number of alkyl halides is 3. The fourth-order valence-corrected chi connectivity index (χ4v) is 2.98. The number of imidazole rings is 1. The maximum Gasteiger partial charge on any atom is 0.406 e. The van der Waals surface area contributed by atoms with E-state index in [0.717, 1.165) is 15.8 Å². The predicted octanol–water partition coefficient (Wildman–Crippen LogP) is 2.72. The van der Waals surface area contributed by atoms with Crippen LogP contribution in [0, 0.1) is 0 Å². The summed E-state index contributed by atoms with van der Waals surface area (Å²) in [5.41, 5.74) is 1.63. The molecule has 0 amide bonds. The van der Waals surface area contributed by atoms with Gasteiger partial charge in [0.25, 0.3) is 0 Å². The van der Waals surface area contributed by atoms with Gasteiger partial charge in [-0.15, -0.1) is 0 Å². The van der Waals surface area contributed by atoms with Crippen molar-refractivity contribution in [1.82, 2.24) is 9.55 Å². The van der Waals surface area contributed by atoms with Gasteiger partial charge in [0.1, 0.15) is 18.3 Å². The number of para-hydroxylation sites is 1. The molecule has 0 saturated heterocycles. The summed E-state index contributed by atoms with van der Waals surface area (Å²) >= 11 is 0. The molecule has 128 valence electrons. The number of rotatable bonds is 4. The van der Waals surface area contributed by atoms with Crippen LogP contribution in [0.25, 0.3) is 0 Å². The summed E-state index contributed by atoms with van der Waals surface area (Å²) in [5.74, 6) is -0.506. The summed E-state index contributed by atoms with van der Waals surface area (Å²) in [6.45, 7) is -0.545. The summed E-state index contributed by atoms with van der Waals surface area (Å²) in [6.07, 6.45) is -1.66. The highest BCUT2D eigenvalue weighted by atomic mass is 19.4. The molecule has 2 heterocycles. The van der Waals surface area contributed by atoms with Gasteiger partial charge in [-0.05, 0) is 11.6 Å². The topological polar surface area (TPSA) is 47.4 Å². The first-order valence-electron chi connectivity index (χ1n) is 7.37. The van der Waals surface area contributed by atoms with Gasteiger partial charge in [-0.1, -0.05) is 18.2 Å². The van der Waals surface area contributed by atoms with Crippen LogP contribution in [0.3, 0.4) is 0 Å². The molecule has 8 heteroatoms. The Morgan fingerprint density at radius 2 is 2.12 bits per heavy atom. The van der Waals surface area contributed by atoms with Crippen LogP contribution in [0.4, 0.5) is 18.9 Å². The van der Waals surface area contributed by atoms with Gasteiger partial charge in [0.05, 0.1) is 13.7 Å². The predicted molar refractivity (Wildman–Crippen MR) is 80.5 cm³/mol. The molecule has 0 spiro atoms. The number of carbonyl (C=O) groups is 1. The number of esters is 1. The van der Waals surface area contributed by atoms with E-state index in [4.69, 9.17) is 4.74 Å². The average molecular weight is 339 g/mol. The van der Waals surface area contributed by atoms with Crippen LogP contribution in [0.2, 0.25) is 0 Å². The van der Waals surface area contributed by atoms with E-state index in [1.165, 1.54) is 19.5 Å². The minimum Gasteiger partial charge on any atom is -0.468 e. The van der Waals surface area contributed by atoms with Crippen molar-refractivity contribution in [2.45, 2.75) is 25.2 Å². The van der Waals surface area contributed by atoms with E-state index in [0.29, 0.717) is 12.4 Å². The quantitative estimate of drug-likeness (QED) is 0.804. The third-order valence-corrected chi connectivity index (χ3v) is 4.03. The van der Waals surface area contributed by atoms with E-state index in [9.17, 15) is 18.0 Å². The lowest BCUT2D eigenvalue weighted by atomic mass is 10.0. The number of hydrogen-bond acceptors (Lipinski definition) is 4. The van der Waals surface area contributed by atoms with Gasteiger partial charge in [0.2, 0.25) is 0 Å². The lowest BCUT2D eigenvalue weighted by Gasteiger charge is -2.20. The number of fused-ring (bicyclic) bond motifs is 1. The Morgan fingerprint density at radius 1 is 1.38 bits per heavy atom. The van der Waals surface area contributed by atoms with Gasteiger partial charge < -0.3 is 14.2 Å². The van der Waals surface area contributed by atoms with Crippen molar-refractivity contribution in [3.8, 4) is 0 Å². The molecule has 0 fully saturated rings. The number of nitrogens with zero attached hydrogens (tertiary/aromatic N) is 3. The molecule has 5 nitrogen and oxygen atoms in total. The van der Waals surface area contributed by atoms with Crippen molar-refractivity contribution < 1.29 is 22.7 Å². The van der Waals surface area contributed by atoms with Crippen molar-refractivity contribution in [2.75, 3.05) is 18.6 Å². The van der Waals surface area contributed by atoms with E-state index in [2.05, 4.69) is 4.98 Å². The number of carbonyl (C=O) groups excluding carboxylic acids is 1. The van der Waals surface area contributed by atoms with Crippen LogP contribution in [0.15, 0.2) is 36.7 Å². The molecule has 1 unspecified atom stereocenters. The highest BCUT2D eigenvalue weighted by Crippen LogP contribution is 2.37. The second-order valence-corrected chi connectivity index (χ2v) is 5.60. The zero-order valence-corrected chi connectivity index (χ0v) is 13.0. The first kappa shape index (κ1) is 16.4. The molecule has 1 atom stereocenters. The van der Waals surface area contributed by atoms with Crippen LogP contribution >= 0.6 is 0 Å². The Morgan fingerprint density at radius 3 is 2.83 bits per heavy atom. The Kier molecular flexibility index (Phi) is 4.21. The minimum atomic E-state index is -4.31. The second-order valence-electron chi connectivity index (χ2n) is 5.60. The molecule has 24 heavy (non-hydrogen) atoms. The van der Waals surface area contributed by atoms with Crippen molar-refractivity contribution in [3.05, 3.63) is 48.0 Å². The van der Waals surface area contributed by atoms with Gasteiger partial charge in [0.15, 0.2) is 0 Å². The molecule has 1 aliphatic rings. The Balaban J connectivity index is 1.85. The molecule has 1 aromatic carbocycles. The van der Waals surface area contributed by atoms with Crippen LogP contribution in [0.5, 0.6) is 0 Å². The van der Waals surface area contributed by atoms with E-state index < -0.39 is 18.6 Å². The van der Waals surface area contributed by atoms with Crippen molar-refractivity contribution in [1.29, 1.82) is 0 Å². The third-order valence-electron chi connectivity index (χ3n) is 4.03. The zero-order chi connectivity index (χ0) is 17.3. The minimum absolute atomic E-state index is 0.188. The molecule has 0 saturated carbocycles. The number of hydrogen-bond donors (Lipinski definition) is 0. The van der Waals surface area contributed by atoms with Crippen molar-refractivity contribution >= 4 is 11.7 Å². The largest absolute Gasteiger partial charge is 0.468 e. The van der Waals surface area contributed by atoms with Gasteiger partial charge in [-0.25, -0.2) is 4.98 Å². The number of anilines is 1. The van der Waals surface area contributed by atoms with Crippen LogP contribution in [-0.2, 0) is 22.6 Å². The van der Waals surface area contributed by atoms with Gasteiger partial charge >= 0.3 is 12.1 Å². The van der Waals surface area contributed by atoms with Gasteiger partial charge in [0, 0.05) is 24.6 Å². The lowest BCUT2D eigenvalue weighted by Crippen LogP contribution is -2.27. The maximum atomic E-state index is 12.6. The molecular formula is C16H16F3N3O2. The van der Waals surface area contributed by atoms with E-state index >= 15 is 0 Å². The van der Waals surface area contributed by atoms with Crippen LogP contribution in [-0.4, -0.2) is 35.4 Å². The fraction of sp³-hybridized carbons (Fsp3) is 0.375. The molecule has 0 radical (unpaired) electrons.